The molecule has 0 bridgehead atoms. The number of fused-ring (bicyclic) bond motifs is 1. The molecule has 0 radical (unpaired) electrons. The Morgan fingerprint density at radius 3 is 2.50 bits per heavy atom. The zero-order valence-corrected chi connectivity index (χ0v) is 10.5. The van der Waals surface area contributed by atoms with Gasteiger partial charge in [-0.3, -0.25) is 0 Å². The number of hydrogen-bond acceptors (Lipinski definition) is 5. The van der Waals surface area contributed by atoms with Crippen molar-refractivity contribution < 1.29 is 31.4 Å². The van der Waals surface area contributed by atoms with Crippen LogP contribution in [0.5, 0.6) is 5.75 Å². The molecule has 18 heavy (non-hydrogen) atoms. The minimum atomic E-state index is -4.17. The van der Waals surface area contributed by atoms with E-state index in [1.165, 1.54) is 30.3 Å². The molecular weight excluding hydrogens is 305 g/mol. The van der Waals surface area contributed by atoms with Gasteiger partial charge in [-0.2, -0.15) is 0 Å². The van der Waals surface area contributed by atoms with E-state index in [9.17, 15) is 18.4 Å². The van der Waals surface area contributed by atoms with Crippen molar-refractivity contribution in [3.63, 3.8) is 0 Å². The molecule has 0 aromatic heterocycles. The molecule has 0 atom stereocenters. The fourth-order valence-corrected chi connectivity index (χ4v) is 3.25. The first-order chi connectivity index (χ1) is 8.40. The summed E-state index contributed by atoms with van der Waals surface area (Å²) in [6.07, 6.45) is 0. The maximum atomic E-state index is 10.7. The van der Waals surface area contributed by atoms with Crippen LogP contribution < -0.4 is 4.53 Å². The van der Waals surface area contributed by atoms with Crippen molar-refractivity contribution in [1.29, 1.82) is 0 Å². The Kier molecular flexibility index (Phi) is 3.34. The van der Waals surface area contributed by atoms with E-state index in [1.807, 2.05) is 0 Å². The molecule has 6 nitrogen and oxygen atoms in total. The molecule has 0 aliphatic heterocycles. The number of nitrogens with zero attached hydrogens (tertiary/aromatic N) is 1. The number of rotatable bonds is 3. The van der Waals surface area contributed by atoms with Crippen molar-refractivity contribution in [3.8, 4) is 5.75 Å². The van der Waals surface area contributed by atoms with Crippen molar-refractivity contribution in [2.45, 2.75) is 0 Å². The van der Waals surface area contributed by atoms with Gasteiger partial charge in [0.15, 0.2) is 0 Å². The molecule has 0 fully saturated rings. The van der Waals surface area contributed by atoms with Crippen molar-refractivity contribution in [1.82, 2.24) is 0 Å². The van der Waals surface area contributed by atoms with E-state index in [0.717, 1.165) is 0 Å². The summed E-state index contributed by atoms with van der Waals surface area (Å²) in [7, 11) is -4.17. The molecule has 2 aromatic carbocycles. The molecule has 0 heterocycles. The normalized spacial score (nSPS) is 11.8. The molecule has 0 saturated heterocycles. The van der Waals surface area contributed by atoms with Gasteiger partial charge in [0.1, 0.15) is 0 Å². The van der Waals surface area contributed by atoms with E-state index in [1.54, 1.807) is 0 Å². The SMILES string of the molecule is O=Nc1c(O)ccc2c[c]([Ni][S](=O)(=O)O)ccc12. The zero-order valence-electron chi connectivity index (χ0n) is 8.68. The number of aromatic hydroxyl groups is 1. The van der Waals surface area contributed by atoms with Gasteiger partial charge in [-0.15, -0.1) is 0 Å². The van der Waals surface area contributed by atoms with Gasteiger partial charge in [-0.25, -0.2) is 0 Å². The Hall–Kier alpha value is -1.50. The van der Waals surface area contributed by atoms with E-state index in [-0.39, 0.29) is 24.8 Å². The average Bonchev–Trinajstić information content (AvgIpc) is 2.27. The third kappa shape index (κ3) is 2.66. The minimum absolute atomic E-state index is 0.0908. The number of benzene rings is 2. The van der Waals surface area contributed by atoms with Crippen molar-refractivity contribution in [3.05, 3.63) is 35.2 Å². The Balaban J connectivity index is 2.61. The Labute approximate surface area is 107 Å². The van der Waals surface area contributed by atoms with Gasteiger partial charge in [0, 0.05) is 0 Å². The summed E-state index contributed by atoms with van der Waals surface area (Å²) in [6.45, 7) is 0. The van der Waals surface area contributed by atoms with Gasteiger partial charge < -0.3 is 0 Å². The third-order valence-electron chi connectivity index (χ3n) is 2.16. The summed E-state index contributed by atoms with van der Waals surface area (Å²) in [5.74, 6) is -0.241. The van der Waals surface area contributed by atoms with Gasteiger partial charge in [0.25, 0.3) is 0 Å². The molecular formula is C10H7NNiO5S. The van der Waals surface area contributed by atoms with Gasteiger partial charge in [-0.05, 0) is 0 Å². The topological polar surface area (TPSA) is 104 Å². The van der Waals surface area contributed by atoms with E-state index in [0.29, 0.717) is 15.3 Å². The molecule has 2 aromatic rings. The van der Waals surface area contributed by atoms with Crippen LogP contribution in [0, 0.1) is 4.91 Å². The second-order valence-electron chi connectivity index (χ2n) is 3.30. The van der Waals surface area contributed by atoms with Crippen molar-refractivity contribution in [2.24, 2.45) is 5.18 Å². The summed E-state index contributed by atoms with van der Waals surface area (Å²) in [6, 6.07) is 7.19. The summed E-state index contributed by atoms with van der Waals surface area (Å²) in [4.78, 5) is 10.6. The van der Waals surface area contributed by atoms with Crippen LogP contribution in [-0.4, -0.2) is 18.1 Å². The monoisotopic (exact) mass is 311 g/mol. The number of phenols is 1. The average molecular weight is 312 g/mol. The molecule has 0 spiro atoms. The third-order valence-corrected chi connectivity index (χ3v) is 4.24. The zero-order chi connectivity index (χ0) is 13.3. The fourth-order valence-electron chi connectivity index (χ4n) is 1.49. The van der Waals surface area contributed by atoms with Crippen LogP contribution >= 0.6 is 0 Å². The summed E-state index contributed by atoms with van der Waals surface area (Å²) in [5, 5.41) is 13.1. The first-order valence-corrected chi connectivity index (χ1v) is 7.58. The van der Waals surface area contributed by atoms with Crippen LogP contribution in [0.25, 0.3) is 10.8 Å². The van der Waals surface area contributed by atoms with Crippen LogP contribution in [0.2, 0.25) is 0 Å². The molecule has 2 rings (SSSR count). The number of hydrogen-bond donors (Lipinski definition) is 2. The van der Waals surface area contributed by atoms with Gasteiger partial charge in [0.05, 0.1) is 0 Å². The molecule has 98 valence electrons. The van der Waals surface area contributed by atoms with E-state index >= 15 is 0 Å². The molecule has 0 saturated carbocycles. The summed E-state index contributed by atoms with van der Waals surface area (Å²) in [5.41, 5.74) is -0.0987. The number of phenolic OH excluding ortho intramolecular Hbond substituents is 1. The number of nitroso groups, excluding NO2 is 1. The predicted octanol–water partition coefficient (Wildman–Crippen LogP) is 1.45. The Morgan fingerprint density at radius 1 is 1.17 bits per heavy atom. The van der Waals surface area contributed by atoms with Crippen LogP contribution in [0.4, 0.5) is 5.69 Å². The summed E-state index contributed by atoms with van der Waals surface area (Å²) < 4.78 is 30.5. The second-order valence-corrected chi connectivity index (χ2v) is 6.89. The van der Waals surface area contributed by atoms with Crippen molar-refractivity contribution >= 4 is 29.6 Å². The molecule has 0 unspecified atom stereocenters. The first kappa shape index (κ1) is 12.9. The maximum absolute atomic E-state index is 10.7. The quantitative estimate of drug-likeness (QED) is 0.507. The van der Waals surface area contributed by atoms with E-state index in [2.05, 4.69) is 5.18 Å². The van der Waals surface area contributed by atoms with Crippen molar-refractivity contribution in [2.75, 3.05) is 0 Å². The Morgan fingerprint density at radius 2 is 1.89 bits per heavy atom. The van der Waals surface area contributed by atoms with Gasteiger partial charge >= 0.3 is 107 Å². The second kappa shape index (κ2) is 4.64. The van der Waals surface area contributed by atoms with Crippen LogP contribution in [0.1, 0.15) is 0 Å². The first-order valence-electron chi connectivity index (χ1n) is 4.58. The van der Waals surface area contributed by atoms with Crippen LogP contribution in [-0.2, 0) is 22.0 Å². The van der Waals surface area contributed by atoms with Crippen LogP contribution in [0.3, 0.4) is 0 Å². The molecule has 2 N–H and O–H groups in total. The predicted molar refractivity (Wildman–Crippen MR) is 62.3 cm³/mol. The van der Waals surface area contributed by atoms with Gasteiger partial charge in [0.2, 0.25) is 0 Å². The standard InChI is InChI=1S/C10H6NO2.Ni.HO3S/c12-9-6-5-7-3-1-2-4-8(7)10(9)11-13;;1-4(2)3/h2-6,12H;;(H,1,2,3). The van der Waals surface area contributed by atoms with Gasteiger partial charge in [-0.1, -0.05) is 0 Å². The molecule has 0 aliphatic rings. The van der Waals surface area contributed by atoms with E-state index in [4.69, 9.17) is 4.55 Å². The fraction of sp³-hybridized carbons (Fsp3) is 0. The molecule has 0 amide bonds. The molecule has 0 aliphatic carbocycles. The summed E-state index contributed by atoms with van der Waals surface area (Å²) >= 11 is 0.0908. The Bertz CT molecular complexity index is 728. The molecule has 8 heteroatoms. The van der Waals surface area contributed by atoms with E-state index < -0.39 is 8.64 Å². The van der Waals surface area contributed by atoms with Crippen LogP contribution in [0.15, 0.2) is 35.5 Å².